The molecule has 4 rings (SSSR count). The minimum Gasteiger partial charge on any atom is -0.490 e. The highest BCUT2D eigenvalue weighted by atomic mass is 16.6. The predicted octanol–water partition coefficient (Wildman–Crippen LogP) is 3.61. The smallest absolute Gasteiger partial charge is 0.257 e. The van der Waals surface area contributed by atoms with Crippen molar-refractivity contribution in [2.24, 2.45) is 0 Å². The summed E-state index contributed by atoms with van der Waals surface area (Å²) in [5.74, 6) is -0.0269. The molecule has 2 amide bonds. The molecule has 8 heteroatoms. The Morgan fingerprint density at radius 2 is 1.81 bits per heavy atom. The number of likely N-dealkylation sites (N-methyl/N-ethyl adjacent to an activating group) is 1. The topological polar surface area (TPSA) is 92.1 Å². The normalized spacial score (nSPS) is 25.7. The molecule has 0 unspecified atom stereocenters. The highest BCUT2D eigenvalue weighted by Crippen LogP contribution is 2.29. The third-order valence-electron chi connectivity index (χ3n) is 7.35. The third-order valence-corrected chi connectivity index (χ3v) is 7.35. The van der Waals surface area contributed by atoms with Gasteiger partial charge >= 0.3 is 0 Å². The summed E-state index contributed by atoms with van der Waals surface area (Å²) < 4.78 is 18.1. The summed E-state index contributed by atoms with van der Waals surface area (Å²) in [6, 6.07) is 16.8. The van der Waals surface area contributed by atoms with E-state index in [1.54, 1.807) is 42.2 Å². The lowest BCUT2D eigenvalue weighted by molar-refractivity contribution is -0.145. The third kappa shape index (κ3) is 6.48. The molecule has 2 aliphatic heterocycles. The molecule has 0 N–H and O–H groups in total. The molecule has 2 aromatic carbocycles. The van der Waals surface area contributed by atoms with Crippen LogP contribution in [0.25, 0.3) is 0 Å². The van der Waals surface area contributed by atoms with Crippen molar-refractivity contribution < 1.29 is 23.8 Å². The first-order valence-corrected chi connectivity index (χ1v) is 12.8. The van der Waals surface area contributed by atoms with Gasteiger partial charge in [0.1, 0.15) is 18.5 Å². The van der Waals surface area contributed by atoms with Crippen LogP contribution >= 0.6 is 0 Å². The van der Waals surface area contributed by atoms with Crippen LogP contribution in [0.4, 0.5) is 0 Å². The van der Waals surface area contributed by atoms with Crippen molar-refractivity contribution in [3.63, 3.8) is 0 Å². The number of methoxy groups -OCH3 is 1. The summed E-state index contributed by atoms with van der Waals surface area (Å²) in [5.41, 5.74) is 1.68. The molecular weight excluding hydrogens is 470 g/mol. The maximum absolute atomic E-state index is 13.6. The van der Waals surface area contributed by atoms with E-state index < -0.39 is 0 Å². The van der Waals surface area contributed by atoms with E-state index in [4.69, 9.17) is 14.2 Å². The number of carbonyl (C=O) groups is 2. The largest absolute Gasteiger partial charge is 0.490 e. The Morgan fingerprint density at radius 1 is 1.03 bits per heavy atom. The fraction of sp³-hybridized carbons (Fsp3) is 0.483. The molecule has 0 radical (unpaired) electrons. The van der Waals surface area contributed by atoms with E-state index in [1.165, 1.54) is 0 Å². The van der Waals surface area contributed by atoms with E-state index in [9.17, 15) is 14.9 Å². The predicted molar refractivity (Wildman–Crippen MR) is 138 cm³/mol. The van der Waals surface area contributed by atoms with Crippen LogP contribution in [0.15, 0.2) is 48.5 Å². The van der Waals surface area contributed by atoms with Crippen LogP contribution < -0.4 is 4.74 Å². The monoisotopic (exact) mass is 505 g/mol. The van der Waals surface area contributed by atoms with E-state index in [-0.39, 0.29) is 49.1 Å². The minimum absolute atomic E-state index is 0.0127. The quantitative estimate of drug-likeness (QED) is 0.619. The Kier molecular flexibility index (Phi) is 8.80. The summed E-state index contributed by atoms with van der Waals surface area (Å²) in [6.07, 6.45) is 2.23. The lowest BCUT2D eigenvalue weighted by atomic mass is 9.94. The Bertz CT molecular complexity index is 1130. The van der Waals surface area contributed by atoms with Gasteiger partial charge in [-0.3, -0.25) is 9.59 Å². The molecule has 1 fully saturated rings. The van der Waals surface area contributed by atoms with Crippen molar-refractivity contribution >= 4 is 11.8 Å². The van der Waals surface area contributed by atoms with Crippen molar-refractivity contribution in [1.82, 2.24) is 9.80 Å². The van der Waals surface area contributed by atoms with Crippen LogP contribution in [0.3, 0.4) is 0 Å². The van der Waals surface area contributed by atoms with E-state index in [0.717, 1.165) is 24.8 Å². The number of hydrogen-bond donors (Lipinski definition) is 0. The Balaban J connectivity index is 1.68. The SMILES string of the molecule is CO[C@@H]1CC[C@H]2CCN(C)C(=O)C[C@H](c3ccccc3)CN(C)C(=O)c3cc(C#N)ccc3OC[C@@H]1O2. The summed E-state index contributed by atoms with van der Waals surface area (Å²) in [7, 11) is 5.20. The maximum atomic E-state index is 13.6. The zero-order chi connectivity index (χ0) is 26.4. The van der Waals surface area contributed by atoms with Crippen LogP contribution in [0.1, 0.15) is 53.1 Å². The van der Waals surface area contributed by atoms with Crippen LogP contribution in [-0.4, -0.2) is 80.8 Å². The molecule has 8 nitrogen and oxygen atoms in total. The first-order valence-electron chi connectivity index (χ1n) is 12.8. The first kappa shape index (κ1) is 26.6. The number of amides is 2. The summed E-state index contributed by atoms with van der Waals surface area (Å²) >= 11 is 0. The lowest BCUT2D eigenvalue weighted by Crippen LogP contribution is -2.44. The zero-order valence-electron chi connectivity index (χ0n) is 21.8. The van der Waals surface area contributed by atoms with Crippen LogP contribution in [0, 0.1) is 11.3 Å². The van der Waals surface area contributed by atoms with E-state index in [2.05, 4.69) is 6.07 Å². The fourth-order valence-corrected chi connectivity index (χ4v) is 5.09. The fourth-order valence-electron chi connectivity index (χ4n) is 5.09. The van der Waals surface area contributed by atoms with Gasteiger partial charge in [0.2, 0.25) is 5.91 Å². The molecule has 0 saturated carbocycles. The van der Waals surface area contributed by atoms with Crippen molar-refractivity contribution in [3.8, 4) is 11.8 Å². The molecular formula is C29H35N3O5. The summed E-state index contributed by atoms with van der Waals surface area (Å²) in [4.78, 5) is 30.2. The van der Waals surface area contributed by atoms with Crippen molar-refractivity contribution in [1.29, 1.82) is 5.26 Å². The van der Waals surface area contributed by atoms with Crippen molar-refractivity contribution in [2.75, 3.05) is 40.9 Å². The second kappa shape index (κ2) is 12.2. The highest BCUT2D eigenvalue weighted by Gasteiger charge is 2.33. The second-order valence-electron chi connectivity index (χ2n) is 9.88. The van der Waals surface area contributed by atoms with Crippen LogP contribution in [0.2, 0.25) is 0 Å². The average molecular weight is 506 g/mol. The summed E-state index contributed by atoms with van der Waals surface area (Å²) in [6.45, 7) is 1.15. The molecule has 0 aromatic heterocycles. The molecule has 1 saturated heterocycles. The number of ether oxygens (including phenoxy) is 3. The number of hydrogen-bond acceptors (Lipinski definition) is 6. The molecule has 2 bridgehead atoms. The van der Waals surface area contributed by atoms with E-state index in [1.807, 2.05) is 37.4 Å². The Morgan fingerprint density at radius 3 is 2.54 bits per heavy atom. The minimum atomic E-state index is -0.309. The van der Waals surface area contributed by atoms with E-state index in [0.29, 0.717) is 30.0 Å². The average Bonchev–Trinajstić information content (AvgIpc) is 2.93. The molecule has 4 atom stereocenters. The van der Waals surface area contributed by atoms with E-state index >= 15 is 0 Å². The van der Waals surface area contributed by atoms with Gasteiger partial charge in [-0.15, -0.1) is 0 Å². The van der Waals surface area contributed by atoms with Gasteiger partial charge in [0.15, 0.2) is 0 Å². The van der Waals surface area contributed by atoms with Crippen LogP contribution in [-0.2, 0) is 14.3 Å². The molecule has 196 valence electrons. The van der Waals surface area contributed by atoms with Gasteiger partial charge in [0, 0.05) is 46.6 Å². The number of nitrogens with zero attached hydrogens (tertiary/aromatic N) is 3. The molecule has 0 spiro atoms. The molecule has 0 aliphatic carbocycles. The van der Waals surface area contributed by atoms with Gasteiger partial charge in [0.25, 0.3) is 5.91 Å². The molecule has 2 aromatic rings. The number of nitriles is 1. The van der Waals surface area contributed by atoms with Crippen molar-refractivity contribution in [2.45, 2.75) is 49.9 Å². The lowest BCUT2D eigenvalue weighted by Gasteiger charge is -2.36. The zero-order valence-corrected chi connectivity index (χ0v) is 21.8. The molecule has 37 heavy (non-hydrogen) atoms. The maximum Gasteiger partial charge on any atom is 0.257 e. The Hall–Kier alpha value is -3.41. The highest BCUT2D eigenvalue weighted by molar-refractivity contribution is 5.97. The van der Waals surface area contributed by atoms with Gasteiger partial charge < -0.3 is 24.0 Å². The standard InChI is InChI=1S/C29H35N3O5/c1-31-14-13-23-10-12-26(35-3)27(37-23)19-36-25-11-9-20(17-30)15-24(25)29(34)32(2)18-22(16-28(31)33)21-7-5-4-6-8-21/h4-9,11,15,22-23,26-27H,10,12-14,16,18-19H2,1-3H3/t22-,23-,26+,27-/m0/s1. The van der Waals surface area contributed by atoms with Crippen molar-refractivity contribution in [3.05, 3.63) is 65.2 Å². The molecule has 2 heterocycles. The number of fused-ring (bicyclic) bond motifs is 3. The number of carbonyl (C=O) groups excluding carboxylic acids is 2. The number of benzene rings is 2. The Labute approximate surface area is 218 Å². The first-order chi connectivity index (χ1) is 17.9. The second-order valence-corrected chi connectivity index (χ2v) is 9.88. The van der Waals surface area contributed by atoms with Gasteiger partial charge in [-0.25, -0.2) is 0 Å². The van der Waals surface area contributed by atoms with Gasteiger partial charge in [0.05, 0.1) is 29.4 Å². The van der Waals surface area contributed by atoms with Crippen LogP contribution in [0.5, 0.6) is 5.75 Å². The van der Waals surface area contributed by atoms with Gasteiger partial charge in [-0.1, -0.05) is 30.3 Å². The number of rotatable bonds is 2. The van der Waals surface area contributed by atoms with Gasteiger partial charge in [-0.05, 0) is 43.0 Å². The molecule has 2 aliphatic rings. The van der Waals surface area contributed by atoms with Gasteiger partial charge in [-0.2, -0.15) is 5.26 Å². The summed E-state index contributed by atoms with van der Waals surface area (Å²) in [5, 5.41) is 9.46.